The third kappa shape index (κ3) is 5.82. The Bertz CT molecular complexity index is 709. The van der Waals surface area contributed by atoms with Gasteiger partial charge in [0.25, 0.3) is 5.91 Å². The average molecular weight is 368 g/mol. The highest BCUT2D eigenvalue weighted by Crippen LogP contribution is 2.17. The van der Waals surface area contributed by atoms with Gasteiger partial charge in [-0.3, -0.25) is 9.59 Å². The van der Waals surface area contributed by atoms with Crippen molar-refractivity contribution in [2.24, 2.45) is 0 Å². The lowest BCUT2D eigenvalue weighted by molar-refractivity contribution is -0.153. The van der Waals surface area contributed by atoms with Gasteiger partial charge in [-0.2, -0.15) is 4.72 Å². The Labute approximate surface area is 148 Å². The summed E-state index contributed by atoms with van der Waals surface area (Å²) in [4.78, 5) is 23.8. The lowest BCUT2D eigenvalue weighted by Crippen LogP contribution is -2.42. The summed E-state index contributed by atoms with van der Waals surface area (Å²) >= 11 is 0. The predicted molar refractivity (Wildman–Crippen MR) is 92.3 cm³/mol. The van der Waals surface area contributed by atoms with E-state index in [1.165, 1.54) is 19.1 Å². The molecule has 2 rings (SSSR count). The zero-order chi connectivity index (χ0) is 18.4. The standard InChI is InChI=1S/C17H24N2O5S/c1-12-7-9-15(10-8-12)25(22,23)18-11-16(20)24-13(2)17(21)19-14-5-3-4-6-14/h7-10,13-14,18H,3-6,11H2,1-2H3,(H,19,21)/t13-/m0/s1. The number of rotatable bonds is 7. The van der Waals surface area contributed by atoms with Crippen LogP contribution in [0.25, 0.3) is 0 Å². The number of ether oxygens (including phenoxy) is 1. The molecule has 138 valence electrons. The molecule has 0 aliphatic heterocycles. The van der Waals surface area contributed by atoms with Crippen molar-refractivity contribution in [1.82, 2.24) is 10.0 Å². The lowest BCUT2D eigenvalue weighted by atomic mass is 10.2. The molecule has 0 heterocycles. The van der Waals surface area contributed by atoms with Crippen LogP contribution < -0.4 is 10.0 Å². The molecule has 1 aliphatic rings. The molecule has 1 amide bonds. The Kier molecular flexibility index (Phi) is 6.55. The van der Waals surface area contributed by atoms with Crippen molar-refractivity contribution in [3.05, 3.63) is 29.8 Å². The molecular formula is C17H24N2O5S. The maximum atomic E-state index is 12.1. The second-order valence-electron chi connectivity index (χ2n) is 6.26. The van der Waals surface area contributed by atoms with Gasteiger partial charge in [0.1, 0.15) is 6.54 Å². The Morgan fingerprint density at radius 2 is 1.80 bits per heavy atom. The topological polar surface area (TPSA) is 102 Å². The van der Waals surface area contributed by atoms with Gasteiger partial charge in [0.05, 0.1) is 4.90 Å². The van der Waals surface area contributed by atoms with E-state index in [1.54, 1.807) is 12.1 Å². The fourth-order valence-corrected chi connectivity index (χ4v) is 3.60. The number of carbonyl (C=O) groups excluding carboxylic acids is 2. The van der Waals surface area contributed by atoms with Crippen molar-refractivity contribution in [2.75, 3.05) is 6.54 Å². The molecule has 25 heavy (non-hydrogen) atoms. The van der Waals surface area contributed by atoms with Crippen molar-refractivity contribution < 1.29 is 22.7 Å². The smallest absolute Gasteiger partial charge is 0.321 e. The molecule has 0 aromatic heterocycles. The van der Waals surface area contributed by atoms with Gasteiger partial charge in [0.2, 0.25) is 10.0 Å². The number of hydrogen-bond acceptors (Lipinski definition) is 5. The van der Waals surface area contributed by atoms with E-state index in [-0.39, 0.29) is 16.8 Å². The fraction of sp³-hybridized carbons (Fsp3) is 0.529. The largest absolute Gasteiger partial charge is 0.452 e. The van der Waals surface area contributed by atoms with Crippen LogP contribution in [-0.2, 0) is 24.3 Å². The molecule has 1 aromatic rings. The molecule has 0 saturated heterocycles. The molecule has 0 radical (unpaired) electrons. The first-order valence-electron chi connectivity index (χ1n) is 8.34. The zero-order valence-corrected chi connectivity index (χ0v) is 15.3. The van der Waals surface area contributed by atoms with E-state index in [9.17, 15) is 18.0 Å². The molecule has 2 N–H and O–H groups in total. The SMILES string of the molecule is Cc1ccc(S(=O)(=O)NCC(=O)O[C@@H](C)C(=O)NC2CCCC2)cc1. The van der Waals surface area contributed by atoms with Gasteiger partial charge in [-0.05, 0) is 38.8 Å². The van der Waals surface area contributed by atoms with Gasteiger partial charge in [-0.25, -0.2) is 8.42 Å². The van der Waals surface area contributed by atoms with E-state index in [2.05, 4.69) is 10.0 Å². The van der Waals surface area contributed by atoms with Crippen molar-refractivity contribution >= 4 is 21.9 Å². The van der Waals surface area contributed by atoms with Crippen LogP contribution in [0.3, 0.4) is 0 Å². The number of esters is 1. The van der Waals surface area contributed by atoms with Crippen molar-refractivity contribution in [1.29, 1.82) is 0 Å². The van der Waals surface area contributed by atoms with Crippen LogP contribution in [-0.4, -0.2) is 39.0 Å². The number of sulfonamides is 1. The molecular weight excluding hydrogens is 344 g/mol. The normalized spacial score (nSPS) is 16.4. The second kappa shape index (κ2) is 8.44. The van der Waals surface area contributed by atoms with E-state index in [0.717, 1.165) is 31.2 Å². The second-order valence-corrected chi connectivity index (χ2v) is 8.03. The summed E-state index contributed by atoms with van der Waals surface area (Å²) in [5.41, 5.74) is 0.931. The minimum atomic E-state index is -3.80. The highest BCUT2D eigenvalue weighted by molar-refractivity contribution is 7.89. The number of amides is 1. The molecule has 0 spiro atoms. The van der Waals surface area contributed by atoms with Crippen LogP contribution in [0.15, 0.2) is 29.2 Å². The van der Waals surface area contributed by atoms with Crippen LogP contribution in [0, 0.1) is 6.92 Å². The van der Waals surface area contributed by atoms with Gasteiger partial charge in [-0.1, -0.05) is 30.5 Å². The number of hydrogen-bond donors (Lipinski definition) is 2. The summed E-state index contributed by atoms with van der Waals surface area (Å²) in [6.45, 7) is 2.78. The van der Waals surface area contributed by atoms with Crippen LogP contribution in [0.4, 0.5) is 0 Å². The van der Waals surface area contributed by atoms with Crippen molar-refractivity contribution in [2.45, 2.75) is 56.6 Å². The molecule has 1 saturated carbocycles. The number of aryl methyl sites for hydroxylation is 1. The highest BCUT2D eigenvalue weighted by Gasteiger charge is 2.23. The van der Waals surface area contributed by atoms with Crippen LogP contribution in [0.5, 0.6) is 0 Å². The molecule has 8 heteroatoms. The van der Waals surface area contributed by atoms with E-state index in [1.807, 2.05) is 6.92 Å². The summed E-state index contributed by atoms with van der Waals surface area (Å²) in [7, 11) is -3.80. The highest BCUT2D eigenvalue weighted by atomic mass is 32.2. The van der Waals surface area contributed by atoms with E-state index >= 15 is 0 Å². The monoisotopic (exact) mass is 368 g/mol. The molecule has 1 fully saturated rings. The van der Waals surface area contributed by atoms with Crippen LogP contribution in [0.1, 0.15) is 38.2 Å². The summed E-state index contributed by atoms with van der Waals surface area (Å²) < 4.78 is 31.4. The Balaban J connectivity index is 1.80. The number of carbonyl (C=O) groups is 2. The zero-order valence-electron chi connectivity index (χ0n) is 14.4. The quantitative estimate of drug-likeness (QED) is 0.706. The number of benzene rings is 1. The summed E-state index contributed by atoms with van der Waals surface area (Å²) in [5, 5.41) is 2.83. The van der Waals surface area contributed by atoms with Crippen LogP contribution in [0.2, 0.25) is 0 Å². The van der Waals surface area contributed by atoms with Gasteiger partial charge in [0.15, 0.2) is 6.10 Å². The maximum Gasteiger partial charge on any atom is 0.321 e. The molecule has 0 unspecified atom stereocenters. The van der Waals surface area contributed by atoms with Gasteiger partial charge >= 0.3 is 5.97 Å². The Morgan fingerprint density at radius 1 is 1.20 bits per heavy atom. The van der Waals surface area contributed by atoms with Gasteiger partial charge in [0, 0.05) is 6.04 Å². The third-order valence-corrected chi connectivity index (χ3v) is 5.53. The first kappa shape index (κ1) is 19.4. The molecule has 1 atom stereocenters. The lowest BCUT2D eigenvalue weighted by Gasteiger charge is -2.17. The molecule has 1 aromatic carbocycles. The summed E-state index contributed by atoms with van der Waals surface area (Å²) in [6.07, 6.45) is 3.07. The van der Waals surface area contributed by atoms with Gasteiger partial charge < -0.3 is 10.1 Å². The molecule has 0 bridgehead atoms. The number of nitrogens with one attached hydrogen (secondary N) is 2. The van der Waals surface area contributed by atoms with Crippen molar-refractivity contribution in [3.63, 3.8) is 0 Å². The molecule has 7 nitrogen and oxygen atoms in total. The summed E-state index contributed by atoms with van der Waals surface area (Å²) in [5.74, 6) is -1.16. The minimum absolute atomic E-state index is 0.0675. The minimum Gasteiger partial charge on any atom is -0.452 e. The Morgan fingerprint density at radius 3 is 2.40 bits per heavy atom. The third-order valence-electron chi connectivity index (χ3n) is 4.12. The van der Waals surface area contributed by atoms with Gasteiger partial charge in [-0.15, -0.1) is 0 Å². The van der Waals surface area contributed by atoms with Crippen LogP contribution >= 0.6 is 0 Å². The van der Waals surface area contributed by atoms with E-state index < -0.39 is 28.6 Å². The summed E-state index contributed by atoms with van der Waals surface area (Å²) in [6, 6.07) is 6.39. The fourth-order valence-electron chi connectivity index (χ4n) is 2.64. The van der Waals surface area contributed by atoms with E-state index in [0.29, 0.717) is 0 Å². The van der Waals surface area contributed by atoms with Crippen molar-refractivity contribution in [3.8, 4) is 0 Å². The molecule has 1 aliphatic carbocycles. The maximum absolute atomic E-state index is 12.1. The first-order chi connectivity index (χ1) is 11.8. The Hall–Kier alpha value is -1.93. The average Bonchev–Trinajstić information content (AvgIpc) is 3.06. The first-order valence-corrected chi connectivity index (χ1v) is 9.82. The van der Waals surface area contributed by atoms with E-state index in [4.69, 9.17) is 4.74 Å². The predicted octanol–water partition coefficient (Wildman–Crippen LogP) is 1.26.